The molecule has 0 radical (unpaired) electrons. The van der Waals surface area contributed by atoms with Gasteiger partial charge in [0.25, 0.3) is 0 Å². The van der Waals surface area contributed by atoms with E-state index in [0.29, 0.717) is 49.4 Å². The smallest absolute Gasteiger partial charge is 0.430 e. The van der Waals surface area contributed by atoms with Gasteiger partial charge in [0.15, 0.2) is 0 Å². The Morgan fingerprint density at radius 2 is 1.61 bits per heavy atom. The van der Waals surface area contributed by atoms with Crippen LogP contribution in [0.3, 0.4) is 0 Å². The maximum atomic E-state index is 14.1. The molecule has 2 fully saturated rings. The molecule has 2 aromatic carbocycles. The van der Waals surface area contributed by atoms with Gasteiger partial charge in [-0.05, 0) is 69.4 Å². The summed E-state index contributed by atoms with van der Waals surface area (Å²) in [5.41, 5.74) is 1.45. The van der Waals surface area contributed by atoms with Gasteiger partial charge >= 0.3 is 6.18 Å². The number of halogens is 5. The summed E-state index contributed by atoms with van der Waals surface area (Å²) in [6.07, 6.45) is -2.62. The Hall–Kier alpha value is -3.74. The molecule has 57 heavy (non-hydrogen) atoms. The number of pyridine rings is 1. The molecule has 3 aromatic rings. The molecule has 0 spiro atoms. The van der Waals surface area contributed by atoms with Crippen LogP contribution in [0.5, 0.6) is 5.75 Å². The van der Waals surface area contributed by atoms with E-state index in [4.69, 9.17) is 42.6 Å². The lowest BCUT2D eigenvalue weighted by atomic mass is 9.89. The summed E-state index contributed by atoms with van der Waals surface area (Å²) in [6.45, 7) is 6.67. The first-order valence-electron chi connectivity index (χ1n) is 18.3. The van der Waals surface area contributed by atoms with Gasteiger partial charge in [0, 0.05) is 67.5 Å². The second-order valence-corrected chi connectivity index (χ2v) is 17.5. The van der Waals surface area contributed by atoms with E-state index in [1.165, 1.54) is 12.1 Å². The highest BCUT2D eigenvalue weighted by molar-refractivity contribution is 7.89. The van der Waals surface area contributed by atoms with Crippen molar-refractivity contribution < 1.29 is 55.0 Å². The first-order chi connectivity index (χ1) is 26.5. The van der Waals surface area contributed by atoms with Gasteiger partial charge in [-0.25, -0.2) is 13.4 Å². The van der Waals surface area contributed by atoms with E-state index in [1.54, 1.807) is 15.9 Å². The Morgan fingerprint density at radius 3 is 2.21 bits per heavy atom. The number of aryl methyl sites for hydroxylation is 2. The summed E-state index contributed by atoms with van der Waals surface area (Å²) in [6, 6.07) is 10.4. The van der Waals surface area contributed by atoms with Crippen LogP contribution in [0, 0.1) is 13.8 Å². The molecule has 2 saturated heterocycles. The molecule has 3 heterocycles. The molecule has 0 unspecified atom stereocenters. The summed E-state index contributed by atoms with van der Waals surface area (Å²) in [4.78, 5) is 43.7. The number of carbonyl (C=O) groups is 3. The second-order valence-electron chi connectivity index (χ2n) is 15.1. The Balaban J connectivity index is 0.000000940. The van der Waals surface area contributed by atoms with E-state index in [1.807, 2.05) is 32.0 Å². The van der Waals surface area contributed by atoms with Crippen LogP contribution < -0.4 is 14.6 Å². The molecule has 5 rings (SSSR count). The van der Waals surface area contributed by atoms with E-state index < -0.39 is 27.7 Å². The summed E-state index contributed by atoms with van der Waals surface area (Å²) in [5, 5.41) is 9.88. The third kappa shape index (κ3) is 12.1. The average Bonchev–Trinajstić information content (AvgIpc) is 3.12. The van der Waals surface area contributed by atoms with Crippen molar-refractivity contribution in [2.45, 2.75) is 69.2 Å². The number of nitrogens with one attached hydrogen (secondary N) is 1. The van der Waals surface area contributed by atoms with Gasteiger partial charge in [-0.3, -0.25) is 9.59 Å². The number of ether oxygens (including phenoxy) is 2. The van der Waals surface area contributed by atoms with Gasteiger partial charge in [-0.1, -0.05) is 35.3 Å². The number of hydrogen-bond donors (Lipinski definition) is 1. The zero-order valence-corrected chi connectivity index (χ0v) is 34.8. The van der Waals surface area contributed by atoms with Gasteiger partial charge in [0.1, 0.15) is 34.3 Å². The Morgan fingerprint density at radius 1 is 1.00 bits per heavy atom. The number of nitrogens with zero attached hydrogens (tertiary/aromatic N) is 4. The third-order valence-electron chi connectivity index (χ3n) is 9.66. The van der Waals surface area contributed by atoms with Gasteiger partial charge < -0.3 is 33.7 Å². The third-order valence-corrected chi connectivity index (χ3v) is 12.1. The molecule has 2 aliphatic rings. The predicted molar refractivity (Wildman–Crippen MR) is 206 cm³/mol. The van der Waals surface area contributed by atoms with Crippen LogP contribution in [0.15, 0.2) is 41.3 Å². The number of benzene rings is 2. The molecule has 0 aliphatic carbocycles. The number of hydrogen-bond acceptors (Lipinski definition) is 9. The van der Waals surface area contributed by atoms with Crippen molar-refractivity contribution in [1.29, 1.82) is 0 Å². The first kappa shape index (κ1) is 46.0. The maximum absolute atomic E-state index is 14.1. The van der Waals surface area contributed by atoms with Crippen molar-refractivity contribution in [3.05, 3.63) is 63.3 Å². The van der Waals surface area contributed by atoms with Crippen molar-refractivity contribution in [2.75, 3.05) is 67.1 Å². The fourth-order valence-electron chi connectivity index (χ4n) is 6.61. The number of aliphatic carboxylic acids is 1. The van der Waals surface area contributed by atoms with Crippen LogP contribution in [0.4, 0.5) is 13.2 Å². The van der Waals surface area contributed by atoms with Crippen molar-refractivity contribution in [3.63, 3.8) is 0 Å². The summed E-state index contributed by atoms with van der Waals surface area (Å²) >= 11 is 13.3. The number of piperazine rings is 1. The highest BCUT2D eigenvalue weighted by Gasteiger charge is 2.47. The molecular weight excluding hydrogens is 814 g/mol. The van der Waals surface area contributed by atoms with Crippen LogP contribution >= 0.6 is 23.2 Å². The number of unbranched alkanes of at least 4 members (excludes halogenated alkanes) is 1. The van der Waals surface area contributed by atoms with Crippen molar-refractivity contribution in [2.24, 2.45) is 0 Å². The molecule has 2 amide bonds. The van der Waals surface area contributed by atoms with E-state index in [2.05, 4.69) is 30.8 Å². The lowest BCUT2D eigenvalue weighted by Gasteiger charge is -2.43. The quantitative estimate of drug-likeness (QED) is 0.206. The van der Waals surface area contributed by atoms with Crippen LogP contribution in [-0.2, 0) is 35.8 Å². The molecule has 2 aliphatic heterocycles. The molecular formula is C38H48Cl2F3N5O8S. The minimum absolute atomic E-state index is 0.0825. The summed E-state index contributed by atoms with van der Waals surface area (Å²) in [7, 11) is 2.07. The average molecular weight is 863 g/mol. The van der Waals surface area contributed by atoms with Crippen LogP contribution in [0.2, 0.25) is 10.0 Å². The van der Waals surface area contributed by atoms with Gasteiger partial charge in [-0.15, -0.1) is 0 Å². The monoisotopic (exact) mass is 861 g/mol. The molecule has 0 atom stereocenters. The van der Waals surface area contributed by atoms with Crippen LogP contribution in [-0.4, -0.2) is 124 Å². The Labute approximate surface area is 340 Å². The number of quaternary nitrogens is 1. The molecule has 13 nitrogen and oxygen atoms in total. The highest BCUT2D eigenvalue weighted by Crippen LogP contribution is 2.35. The number of fused-ring (bicyclic) bond motifs is 1. The molecule has 314 valence electrons. The number of sulfonamides is 1. The van der Waals surface area contributed by atoms with E-state index in [9.17, 15) is 31.2 Å². The normalized spacial score (nSPS) is 16.2. The minimum Gasteiger partial charge on any atom is -0.542 e. The molecule has 19 heteroatoms. The SMILES string of the molecule is Cc1cc(C)c2cccc(OCc3c(Cl)ccc(S(=O)(=O)NC4(C(=O)N5CCN(C(=O)CCCC[N+](C)(C)C)CC5)CCOCC4)c3Cl)c2n1.O=C([O-])C(F)(F)F. The predicted octanol–water partition coefficient (Wildman–Crippen LogP) is 4.41. The number of carboxylic acid groups (broad SMARTS) is 1. The largest absolute Gasteiger partial charge is 0.542 e. The van der Waals surface area contributed by atoms with Crippen molar-refractivity contribution in [3.8, 4) is 5.75 Å². The number of amides is 2. The first-order valence-corrected chi connectivity index (χ1v) is 20.5. The van der Waals surface area contributed by atoms with E-state index in [-0.39, 0.29) is 59.4 Å². The summed E-state index contributed by atoms with van der Waals surface area (Å²) < 4.78 is 75.0. The lowest BCUT2D eigenvalue weighted by molar-refractivity contribution is -0.870. The standard InChI is InChI=1S/C36H48Cl2N5O6S.C2HF3O2/c1-25-23-26(2)39-34-27(25)9-8-10-30(34)49-24-28-29(37)12-13-31(33(28)38)50(46,47)40-36(14-21-48-22-15-36)35(45)42-18-16-41(17-19-42)32(44)11-6-7-20-43(3,4)5;3-2(4,5)1(6)7/h8-10,12-13,23,40H,6-7,11,14-22,24H2,1-5H3;(H,6,7)/q+1;/p-1. The Bertz CT molecular complexity index is 2050. The zero-order chi connectivity index (χ0) is 42.3. The number of carbonyl (C=O) groups excluding carboxylic acids is 3. The van der Waals surface area contributed by atoms with Gasteiger partial charge in [-0.2, -0.15) is 17.9 Å². The fraction of sp³-hybridized carbons (Fsp3) is 0.526. The topological polar surface area (TPSA) is 158 Å². The Kier molecular flexibility index (Phi) is 15.2. The summed E-state index contributed by atoms with van der Waals surface area (Å²) in [5.74, 6) is -2.74. The minimum atomic E-state index is -5.19. The second kappa shape index (κ2) is 18.9. The van der Waals surface area contributed by atoms with Gasteiger partial charge in [0.2, 0.25) is 21.8 Å². The maximum Gasteiger partial charge on any atom is 0.430 e. The fourth-order valence-corrected chi connectivity index (χ4v) is 8.92. The number of carboxylic acids is 1. The van der Waals surface area contributed by atoms with Crippen LogP contribution in [0.1, 0.15) is 48.9 Å². The zero-order valence-electron chi connectivity index (χ0n) is 32.5. The molecule has 1 N–H and O–H groups in total. The number of aromatic nitrogens is 1. The molecule has 0 saturated carbocycles. The number of para-hydroxylation sites is 1. The number of alkyl halides is 3. The van der Waals surface area contributed by atoms with Crippen LogP contribution in [0.25, 0.3) is 10.9 Å². The molecule has 1 aromatic heterocycles. The van der Waals surface area contributed by atoms with Crippen molar-refractivity contribution >= 4 is 61.9 Å². The number of rotatable bonds is 12. The van der Waals surface area contributed by atoms with E-state index in [0.717, 1.165) is 40.5 Å². The highest BCUT2D eigenvalue weighted by atomic mass is 35.5. The lowest BCUT2D eigenvalue weighted by Crippen LogP contribution is -2.64. The molecule has 0 bridgehead atoms. The van der Waals surface area contributed by atoms with E-state index >= 15 is 0 Å². The van der Waals surface area contributed by atoms with Gasteiger partial charge in [0.05, 0.1) is 32.7 Å². The van der Waals surface area contributed by atoms with Crippen molar-refractivity contribution in [1.82, 2.24) is 19.5 Å².